The van der Waals surface area contributed by atoms with Gasteiger partial charge < -0.3 is 0 Å². The Morgan fingerprint density at radius 2 is 2.17 bits per heavy atom. The number of sulfonamides is 1. The summed E-state index contributed by atoms with van der Waals surface area (Å²) in [5.74, 6) is -1.23. The van der Waals surface area contributed by atoms with Gasteiger partial charge in [-0.15, -0.1) is 11.3 Å². The van der Waals surface area contributed by atoms with Crippen LogP contribution in [0.2, 0.25) is 0 Å². The molecule has 1 fully saturated rings. The average molecular weight is 353 g/mol. The van der Waals surface area contributed by atoms with E-state index in [2.05, 4.69) is 21.2 Å². The van der Waals surface area contributed by atoms with Crippen molar-refractivity contribution in [2.24, 2.45) is 0 Å². The highest BCUT2D eigenvalue weighted by Crippen LogP contribution is 2.31. The van der Waals surface area contributed by atoms with Gasteiger partial charge >= 0.3 is 0 Å². The minimum atomic E-state index is -3.84. The van der Waals surface area contributed by atoms with E-state index in [0.29, 0.717) is 4.47 Å². The lowest BCUT2D eigenvalue weighted by atomic mass is 10.2. The number of imide groups is 1. The molecule has 0 saturated carbocycles. The molecule has 9 heteroatoms. The normalized spacial score (nSPS) is 22.0. The number of hydrogen-bond donors (Lipinski definition) is 1. The fraction of sp³-hybridized carbons (Fsp3) is 0.333. The number of carbonyl (C=O) groups excluding carboxylic acids is 2. The Morgan fingerprint density at radius 3 is 2.72 bits per heavy atom. The molecule has 0 aromatic carbocycles. The lowest BCUT2D eigenvalue weighted by Crippen LogP contribution is -2.58. The van der Waals surface area contributed by atoms with E-state index in [-0.39, 0.29) is 10.8 Å². The summed E-state index contributed by atoms with van der Waals surface area (Å²) in [6.45, 7) is 1.10. The van der Waals surface area contributed by atoms with E-state index in [4.69, 9.17) is 0 Å². The first-order valence-corrected chi connectivity index (χ1v) is 8.04. The molecule has 1 aromatic rings. The Morgan fingerprint density at radius 1 is 1.50 bits per heavy atom. The zero-order valence-electron chi connectivity index (χ0n) is 9.21. The first kappa shape index (κ1) is 13.7. The Labute approximate surface area is 116 Å². The molecule has 1 atom stereocenters. The highest BCUT2D eigenvalue weighted by Gasteiger charge is 2.40. The molecule has 2 rings (SSSR count). The molecule has 1 aromatic heterocycles. The van der Waals surface area contributed by atoms with Gasteiger partial charge in [-0.2, -0.15) is 4.31 Å². The van der Waals surface area contributed by atoms with Gasteiger partial charge in [0.25, 0.3) is 10.0 Å². The van der Waals surface area contributed by atoms with Crippen LogP contribution in [-0.4, -0.2) is 37.1 Å². The molecule has 98 valence electrons. The summed E-state index contributed by atoms with van der Waals surface area (Å²) in [6, 6.07) is 0.704. The van der Waals surface area contributed by atoms with Gasteiger partial charge in [0, 0.05) is 4.47 Å². The Hall–Kier alpha value is -0.770. The van der Waals surface area contributed by atoms with Crippen LogP contribution in [0.5, 0.6) is 0 Å². The first-order chi connectivity index (χ1) is 8.34. The number of hydrogen-bond acceptors (Lipinski definition) is 5. The number of amides is 2. The number of piperazine rings is 1. The molecule has 0 spiro atoms. The van der Waals surface area contributed by atoms with Crippen LogP contribution in [0.15, 0.2) is 20.1 Å². The number of carbonyl (C=O) groups is 2. The van der Waals surface area contributed by atoms with Crippen molar-refractivity contribution in [2.75, 3.05) is 6.54 Å². The standard InChI is InChI=1S/C9H9BrN2O4S2/c1-5-8(14)11-7(13)4-12(5)18(15,16)9-6(10)2-3-17-9/h2-3,5H,4H2,1H3,(H,11,13,14). The van der Waals surface area contributed by atoms with E-state index >= 15 is 0 Å². The lowest BCUT2D eigenvalue weighted by molar-refractivity contribution is -0.136. The fourth-order valence-corrected chi connectivity index (χ4v) is 5.53. The predicted octanol–water partition coefficient (Wildman–Crippen LogP) is 0.546. The second-order valence-electron chi connectivity index (χ2n) is 3.69. The Balaban J connectivity index is 2.44. The van der Waals surface area contributed by atoms with Gasteiger partial charge in [0.2, 0.25) is 11.8 Å². The highest BCUT2D eigenvalue weighted by atomic mass is 79.9. The van der Waals surface area contributed by atoms with Crippen LogP contribution >= 0.6 is 27.3 Å². The van der Waals surface area contributed by atoms with Crippen LogP contribution in [0.1, 0.15) is 6.92 Å². The molecule has 6 nitrogen and oxygen atoms in total. The van der Waals surface area contributed by atoms with Gasteiger partial charge in [-0.3, -0.25) is 14.9 Å². The van der Waals surface area contributed by atoms with Crippen LogP contribution in [0.3, 0.4) is 0 Å². The summed E-state index contributed by atoms with van der Waals surface area (Å²) in [4.78, 5) is 22.8. The molecular formula is C9H9BrN2O4S2. The van der Waals surface area contributed by atoms with Crippen LogP contribution in [-0.2, 0) is 19.6 Å². The van der Waals surface area contributed by atoms with Gasteiger partial charge in [-0.25, -0.2) is 8.42 Å². The zero-order valence-corrected chi connectivity index (χ0v) is 12.4. The molecule has 1 aliphatic heterocycles. The molecule has 0 radical (unpaired) electrons. The first-order valence-electron chi connectivity index (χ1n) is 4.92. The molecule has 2 heterocycles. The maximum atomic E-state index is 12.3. The third kappa shape index (κ3) is 2.22. The number of thiophene rings is 1. The number of nitrogens with one attached hydrogen (secondary N) is 1. The molecule has 0 bridgehead atoms. The van der Waals surface area contributed by atoms with Crippen molar-refractivity contribution in [1.29, 1.82) is 0 Å². The van der Waals surface area contributed by atoms with Gasteiger partial charge in [-0.05, 0) is 34.3 Å². The summed E-state index contributed by atoms with van der Waals surface area (Å²) < 4.78 is 26.1. The predicted molar refractivity (Wildman–Crippen MR) is 68.5 cm³/mol. The number of halogens is 1. The van der Waals surface area contributed by atoms with Crippen LogP contribution in [0.25, 0.3) is 0 Å². The van der Waals surface area contributed by atoms with Crippen LogP contribution in [0.4, 0.5) is 0 Å². The molecule has 1 aliphatic rings. The largest absolute Gasteiger partial charge is 0.294 e. The smallest absolute Gasteiger partial charge is 0.254 e. The van der Waals surface area contributed by atoms with Crippen molar-refractivity contribution in [3.8, 4) is 0 Å². The van der Waals surface area contributed by atoms with E-state index in [9.17, 15) is 18.0 Å². The minimum absolute atomic E-state index is 0.0943. The van der Waals surface area contributed by atoms with Crippen molar-refractivity contribution in [1.82, 2.24) is 9.62 Å². The maximum Gasteiger partial charge on any atom is 0.254 e. The van der Waals surface area contributed by atoms with Crippen molar-refractivity contribution in [3.05, 3.63) is 15.9 Å². The SMILES string of the molecule is CC1C(=O)NC(=O)CN1S(=O)(=O)c1sccc1Br. The highest BCUT2D eigenvalue weighted by molar-refractivity contribution is 9.10. The molecule has 1 unspecified atom stereocenters. The van der Waals surface area contributed by atoms with Gasteiger partial charge in [-0.1, -0.05) is 0 Å². The Bertz CT molecular complexity index is 610. The number of rotatable bonds is 2. The molecule has 1 N–H and O–H groups in total. The van der Waals surface area contributed by atoms with E-state index < -0.39 is 27.9 Å². The molecule has 0 aliphatic carbocycles. The van der Waals surface area contributed by atoms with E-state index in [1.165, 1.54) is 6.92 Å². The fourth-order valence-electron chi connectivity index (χ4n) is 1.55. The summed E-state index contributed by atoms with van der Waals surface area (Å²) in [6.07, 6.45) is 0. The quantitative estimate of drug-likeness (QED) is 0.787. The van der Waals surface area contributed by atoms with Crippen LogP contribution < -0.4 is 5.32 Å². The van der Waals surface area contributed by atoms with Crippen molar-refractivity contribution in [3.63, 3.8) is 0 Å². The summed E-state index contributed by atoms with van der Waals surface area (Å²) in [5, 5.41) is 3.72. The molecule has 2 amide bonds. The molecule has 18 heavy (non-hydrogen) atoms. The Kier molecular flexibility index (Phi) is 3.58. The number of nitrogens with zero attached hydrogens (tertiary/aromatic N) is 1. The van der Waals surface area contributed by atoms with Crippen molar-refractivity contribution in [2.45, 2.75) is 17.2 Å². The molecular weight excluding hydrogens is 344 g/mol. The molecule has 1 saturated heterocycles. The second kappa shape index (κ2) is 4.72. The topological polar surface area (TPSA) is 83.6 Å². The average Bonchev–Trinajstić information content (AvgIpc) is 2.70. The van der Waals surface area contributed by atoms with E-state index in [1.54, 1.807) is 11.4 Å². The third-order valence-electron chi connectivity index (χ3n) is 2.50. The summed E-state index contributed by atoms with van der Waals surface area (Å²) in [5.41, 5.74) is 0. The maximum absolute atomic E-state index is 12.3. The van der Waals surface area contributed by atoms with Crippen LogP contribution in [0, 0.1) is 0 Å². The van der Waals surface area contributed by atoms with Crippen molar-refractivity contribution < 1.29 is 18.0 Å². The second-order valence-corrected chi connectivity index (χ2v) is 7.55. The van der Waals surface area contributed by atoms with E-state index in [1.807, 2.05) is 0 Å². The summed E-state index contributed by atoms with van der Waals surface area (Å²) in [7, 11) is -3.84. The third-order valence-corrected chi connectivity index (χ3v) is 7.06. The van der Waals surface area contributed by atoms with Gasteiger partial charge in [0.15, 0.2) is 0 Å². The van der Waals surface area contributed by atoms with Gasteiger partial charge in [0.05, 0.1) is 6.54 Å². The van der Waals surface area contributed by atoms with Gasteiger partial charge in [0.1, 0.15) is 10.3 Å². The lowest BCUT2D eigenvalue weighted by Gasteiger charge is -2.30. The van der Waals surface area contributed by atoms with Crippen molar-refractivity contribution >= 4 is 49.1 Å². The summed E-state index contributed by atoms with van der Waals surface area (Å²) >= 11 is 4.17. The monoisotopic (exact) mass is 352 g/mol. The van der Waals surface area contributed by atoms with E-state index in [0.717, 1.165) is 15.6 Å². The minimum Gasteiger partial charge on any atom is -0.294 e. The zero-order chi connectivity index (χ0) is 13.5.